The quantitative estimate of drug-likeness (QED) is 0.285. The molecule has 0 saturated heterocycles. The standard InChI is InChI=1S/C25H29N3O3/c1-3-16-28(18-21-11-9-20(10-12-21)13-14-24(29)26-30)17-15-23-19(2)27-31-25(23)22-7-5-4-6-8-22/h4-14,30H,3,15-18H2,1-2H3,(H,26,29)/b14-13+. The van der Waals surface area contributed by atoms with E-state index in [1.165, 1.54) is 11.6 Å². The Hall–Kier alpha value is -3.22. The van der Waals surface area contributed by atoms with E-state index in [0.717, 1.165) is 60.6 Å². The Morgan fingerprint density at radius 1 is 1.13 bits per heavy atom. The molecule has 31 heavy (non-hydrogen) atoms. The van der Waals surface area contributed by atoms with Crippen LogP contribution in [-0.2, 0) is 17.8 Å². The van der Waals surface area contributed by atoms with Gasteiger partial charge in [-0.25, -0.2) is 5.48 Å². The molecular formula is C25H29N3O3. The van der Waals surface area contributed by atoms with Crippen LogP contribution < -0.4 is 5.48 Å². The summed E-state index contributed by atoms with van der Waals surface area (Å²) in [6.45, 7) is 6.95. The molecule has 162 valence electrons. The second-order valence-corrected chi connectivity index (χ2v) is 7.52. The van der Waals surface area contributed by atoms with Crippen molar-refractivity contribution >= 4 is 12.0 Å². The van der Waals surface area contributed by atoms with Gasteiger partial charge in [0.15, 0.2) is 5.76 Å². The molecule has 0 fully saturated rings. The van der Waals surface area contributed by atoms with Gasteiger partial charge in [-0.1, -0.05) is 66.7 Å². The second kappa shape index (κ2) is 11.2. The normalized spacial score (nSPS) is 11.4. The highest BCUT2D eigenvalue weighted by Crippen LogP contribution is 2.26. The van der Waals surface area contributed by atoms with E-state index < -0.39 is 5.91 Å². The van der Waals surface area contributed by atoms with Gasteiger partial charge in [0.1, 0.15) is 0 Å². The maximum Gasteiger partial charge on any atom is 0.267 e. The number of carbonyl (C=O) groups is 1. The highest BCUT2D eigenvalue weighted by Gasteiger charge is 2.16. The third-order valence-corrected chi connectivity index (χ3v) is 5.16. The van der Waals surface area contributed by atoms with Gasteiger partial charge in [-0.15, -0.1) is 0 Å². The van der Waals surface area contributed by atoms with Gasteiger partial charge in [-0.2, -0.15) is 0 Å². The van der Waals surface area contributed by atoms with E-state index >= 15 is 0 Å². The number of aromatic nitrogens is 1. The van der Waals surface area contributed by atoms with Gasteiger partial charge >= 0.3 is 0 Å². The molecule has 0 aliphatic heterocycles. The molecule has 0 aliphatic rings. The largest absolute Gasteiger partial charge is 0.356 e. The van der Waals surface area contributed by atoms with Gasteiger partial charge in [0, 0.05) is 30.3 Å². The van der Waals surface area contributed by atoms with Crippen LogP contribution in [0, 0.1) is 6.92 Å². The summed E-state index contributed by atoms with van der Waals surface area (Å²) in [5.74, 6) is 0.315. The Balaban J connectivity index is 1.65. The molecule has 0 saturated carbocycles. The van der Waals surface area contributed by atoms with E-state index in [0.29, 0.717) is 0 Å². The Labute approximate surface area is 183 Å². The zero-order valence-electron chi connectivity index (χ0n) is 18.0. The Morgan fingerprint density at radius 3 is 2.55 bits per heavy atom. The zero-order chi connectivity index (χ0) is 22.1. The first-order chi connectivity index (χ1) is 15.1. The Morgan fingerprint density at radius 2 is 1.87 bits per heavy atom. The molecular weight excluding hydrogens is 390 g/mol. The van der Waals surface area contributed by atoms with Crippen LogP contribution in [0.1, 0.15) is 35.7 Å². The van der Waals surface area contributed by atoms with Crippen LogP contribution in [0.4, 0.5) is 0 Å². The van der Waals surface area contributed by atoms with E-state index in [1.807, 2.05) is 49.4 Å². The van der Waals surface area contributed by atoms with Gasteiger partial charge in [0.25, 0.3) is 5.91 Å². The number of nitrogens with one attached hydrogen (secondary N) is 1. The van der Waals surface area contributed by atoms with E-state index in [1.54, 1.807) is 11.6 Å². The number of amides is 1. The predicted octanol–water partition coefficient (Wildman–Crippen LogP) is 4.62. The summed E-state index contributed by atoms with van der Waals surface area (Å²) < 4.78 is 5.63. The van der Waals surface area contributed by atoms with Gasteiger partial charge in [-0.3, -0.25) is 14.9 Å². The van der Waals surface area contributed by atoms with E-state index in [-0.39, 0.29) is 0 Å². The minimum atomic E-state index is -0.544. The van der Waals surface area contributed by atoms with Crippen LogP contribution in [0.15, 0.2) is 65.2 Å². The summed E-state index contributed by atoms with van der Waals surface area (Å²) in [4.78, 5) is 13.5. The first kappa shape index (κ1) is 22.5. The third-order valence-electron chi connectivity index (χ3n) is 5.16. The zero-order valence-corrected chi connectivity index (χ0v) is 18.0. The van der Waals surface area contributed by atoms with E-state index in [2.05, 4.69) is 29.1 Å². The molecule has 1 amide bonds. The van der Waals surface area contributed by atoms with E-state index in [4.69, 9.17) is 9.73 Å². The smallest absolute Gasteiger partial charge is 0.267 e. The summed E-state index contributed by atoms with van der Waals surface area (Å²) >= 11 is 0. The molecule has 2 N–H and O–H groups in total. The molecule has 2 aromatic carbocycles. The maximum atomic E-state index is 11.1. The van der Waals surface area contributed by atoms with Gasteiger partial charge in [0.05, 0.1) is 5.69 Å². The Kier molecular flexibility index (Phi) is 8.15. The lowest BCUT2D eigenvalue weighted by Gasteiger charge is -2.22. The molecule has 1 heterocycles. The molecule has 0 spiro atoms. The van der Waals surface area contributed by atoms with Crippen LogP contribution in [0.25, 0.3) is 17.4 Å². The minimum absolute atomic E-state index is 0.544. The number of rotatable bonds is 10. The first-order valence-electron chi connectivity index (χ1n) is 10.5. The van der Waals surface area contributed by atoms with Crippen LogP contribution in [-0.4, -0.2) is 34.3 Å². The SMILES string of the molecule is CCCN(CCc1c(C)noc1-c1ccccc1)Cc1ccc(/C=C/C(=O)NO)cc1. The first-order valence-corrected chi connectivity index (χ1v) is 10.5. The van der Waals surface area contributed by atoms with Crippen molar-refractivity contribution in [3.05, 3.63) is 83.1 Å². The third kappa shape index (κ3) is 6.38. The summed E-state index contributed by atoms with van der Waals surface area (Å²) in [5, 5.41) is 12.8. The van der Waals surface area contributed by atoms with Gasteiger partial charge in [-0.05, 0) is 43.5 Å². The number of hydroxylamine groups is 1. The average molecular weight is 420 g/mol. The molecule has 0 atom stereocenters. The number of nitrogens with zero attached hydrogens (tertiary/aromatic N) is 2. The van der Waals surface area contributed by atoms with Crippen molar-refractivity contribution in [2.24, 2.45) is 0 Å². The molecule has 0 unspecified atom stereocenters. The fourth-order valence-corrected chi connectivity index (χ4v) is 3.56. The lowest BCUT2D eigenvalue weighted by Crippen LogP contribution is -2.26. The molecule has 3 aromatic rings. The molecule has 0 bridgehead atoms. The van der Waals surface area contributed by atoms with Gasteiger partial charge in [0.2, 0.25) is 0 Å². The highest BCUT2D eigenvalue weighted by atomic mass is 16.5. The van der Waals surface area contributed by atoms with Crippen molar-refractivity contribution in [3.63, 3.8) is 0 Å². The highest BCUT2D eigenvalue weighted by molar-refractivity contribution is 5.90. The summed E-state index contributed by atoms with van der Waals surface area (Å²) in [6.07, 6.45) is 4.91. The molecule has 1 aromatic heterocycles. The molecule has 6 heteroatoms. The van der Waals surface area contributed by atoms with Crippen LogP contribution in [0.5, 0.6) is 0 Å². The number of hydrogen-bond donors (Lipinski definition) is 2. The molecule has 0 aliphatic carbocycles. The average Bonchev–Trinajstić information content (AvgIpc) is 3.17. The lowest BCUT2D eigenvalue weighted by atomic mass is 10.0. The molecule has 3 rings (SSSR count). The maximum absolute atomic E-state index is 11.1. The Bertz CT molecular complexity index is 995. The van der Waals surface area contributed by atoms with Crippen molar-refractivity contribution in [2.75, 3.05) is 13.1 Å². The van der Waals surface area contributed by atoms with Crippen molar-refractivity contribution in [1.82, 2.24) is 15.5 Å². The molecule has 6 nitrogen and oxygen atoms in total. The van der Waals surface area contributed by atoms with Crippen molar-refractivity contribution in [1.29, 1.82) is 0 Å². The minimum Gasteiger partial charge on any atom is -0.356 e. The second-order valence-electron chi connectivity index (χ2n) is 7.52. The van der Waals surface area contributed by atoms with Gasteiger partial charge < -0.3 is 4.52 Å². The molecule has 0 radical (unpaired) electrons. The van der Waals surface area contributed by atoms with E-state index in [9.17, 15) is 4.79 Å². The van der Waals surface area contributed by atoms with Crippen LogP contribution in [0.2, 0.25) is 0 Å². The lowest BCUT2D eigenvalue weighted by molar-refractivity contribution is -0.124. The summed E-state index contributed by atoms with van der Waals surface area (Å²) in [6, 6.07) is 18.2. The topological polar surface area (TPSA) is 78.6 Å². The van der Waals surface area contributed by atoms with Crippen molar-refractivity contribution in [2.45, 2.75) is 33.2 Å². The number of aryl methyl sites for hydroxylation is 1. The van der Waals surface area contributed by atoms with Crippen molar-refractivity contribution < 1.29 is 14.5 Å². The fraction of sp³-hybridized carbons (Fsp3) is 0.280. The number of carbonyl (C=O) groups excluding carboxylic acids is 1. The fourth-order valence-electron chi connectivity index (χ4n) is 3.56. The monoisotopic (exact) mass is 419 g/mol. The van der Waals surface area contributed by atoms with Crippen molar-refractivity contribution in [3.8, 4) is 11.3 Å². The van der Waals surface area contributed by atoms with Crippen LogP contribution in [0.3, 0.4) is 0 Å². The summed E-state index contributed by atoms with van der Waals surface area (Å²) in [5.41, 5.74) is 6.86. The number of hydrogen-bond acceptors (Lipinski definition) is 5. The van der Waals surface area contributed by atoms with Crippen LogP contribution >= 0.6 is 0 Å². The summed E-state index contributed by atoms with van der Waals surface area (Å²) in [7, 11) is 0. The number of benzene rings is 2. The predicted molar refractivity (Wildman–Crippen MR) is 121 cm³/mol.